The van der Waals surface area contributed by atoms with E-state index in [1.54, 1.807) is 12.1 Å². The van der Waals surface area contributed by atoms with Crippen molar-refractivity contribution in [3.63, 3.8) is 0 Å². The molecule has 1 N–H and O–H groups in total. The minimum Gasteiger partial charge on any atom is -0.493 e. The van der Waals surface area contributed by atoms with E-state index in [0.717, 1.165) is 5.56 Å². The molecule has 0 aliphatic heterocycles. The third kappa shape index (κ3) is 3.26. The third-order valence-corrected chi connectivity index (χ3v) is 3.58. The van der Waals surface area contributed by atoms with E-state index in [4.69, 9.17) is 4.74 Å². The van der Waals surface area contributed by atoms with Crippen LogP contribution in [0.2, 0.25) is 0 Å². The summed E-state index contributed by atoms with van der Waals surface area (Å²) in [7, 11) is 1.26. The molecule has 4 nitrogen and oxygen atoms in total. The largest absolute Gasteiger partial charge is 0.493 e. The Hall–Kier alpha value is -1.55. The van der Waals surface area contributed by atoms with Crippen LogP contribution in [0.15, 0.2) is 18.2 Å². The number of aliphatic hydroxyl groups excluding tert-OH is 1. The van der Waals surface area contributed by atoms with Crippen LogP contribution in [0, 0.1) is 12.8 Å². The molecule has 0 radical (unpaired) electrons. The summed E-state index contributed by atoms with van der Waals surface area (Å²) in [6.45, 7) is 2.55. The number of ether oxygens (including phenoxy) is 2. The molecule has 1 unspecified atom stereocenters. The predicted molar refractivity (Wildman–Crippen MR) is 71.0 cm³/mol. The number of hydrogen-bond acceptors (Lipinski definition) is 4. The number of benzene rings is 1. The average Bonchev–Trinajstić information content (AvgIpc) is 2.36. The quantitative estimate of drug-likeness (QED) is 0.830. The number of methoxy groups -OCH3 is 1. The lowest BCUT2D eigenvalue weighted by atomic mass is 9.86. The lowest BCUT2D eigenvalue weighted by molar-refractivity contribution is -0.150. The highest BCUT2D eigenvalue weighted by Gasteiger charge is 2.24. The van der Waals surface area contributed by atoms with Gasteiger partial charge in [-0.05, 0) is 37.8 Å². The van der Waals surface area contributed by atoms with Crippen LogP contribution in [-0.2, 0) is 9.53 Å². The zero-order valence-electron chi connectivity index (χ0n) is 11.4. The Kier molecular flexibility index (Phi) is 4.43. The van der Waals surface area contributed by atoms with Crippen LogP contribution in [-0.4, -0.2) is 24.8 Å². The summed E-state index contributed by atoms with van der Waals surface area (Å²) < 4.78 is 10.3. The molecule has 0 amide bonds. The molecule has 1 atom stereocenters. The lowest BCUT2D eigenvalue weighted by Gasteiger charge is -2.26. The maximum atomic E-state index is 11.5. The van der Waals surface area contributed by atoms with Crippen molar-refractivity contribution < 1.29 is 19.4 Å². The highest BCUT2D eigenvalue weighted by atomic mass is 16.5. The Morgan fingerprint density at radius 2 is 2.21 bits per heavy atom. The molecule has 104 valence electrons. The van der Waals surface area contributed by atoms with Gasteiger partial charge in [0.25, 0.3) is 0 Å². The van der Waals surface area contributed by atoms with Gasteiger partial charge in [-0.1, -0.05) is 18.1 Å². The van der Waals surface area contributed by atoms with Crippen molar-refractivity contribution in [3.8, 4) is 5.75 Å². The Labute approximate surface area is 113 Å². The molecule has 0 saturated heterocycles. The minimum atomic E-state index is -1.29. The van der Waals surface area contributed by atoms with Gasteiger partial charge in [0.2, 0.25) is 0 Å². The molecule has 1 aliphatic rings. The van der Waals surface area contributed by atoms with Gasteiger partial charge in [0.05, 0.1) is 13.7 Å². The lowest BCUT2D eigenvalue weighted by Crippen LogP contribution is -2.21. The van der Waals surface area contributed by atoms with Crippen molar-refractivity contribution in [2.75, 3.05) is 13.7 Å². The molecule has 0 heterocycles. The smallest absolute Gasteiger partial charge is 0.339 e. The fourth-order valence-electron chi connectivity index (χ4n) is 2.12. The van der Waals surface area contributed by atoms with Gasteiger partial charge in [-0.25, -0.2) is 4.79 Å². The molecule has 4 heteroatoms. The maximum Gasteiger partial charge on any atom is 0.339 e. The van der Waals surface area contributed by atoms with E-state index in [1.807, 2.05) is 13.0 Å². The fourth-order valence-corrected chi connectivity index (χ4v) is 2.12. The number of carbonyl (C=O) groups is 1. The summed E-state index contributed by atoms with van der Waals surface area (Å²) >= 11 is 0. The molecule has 0 aromatic heterocycles. The highest BCUT2D eigenvalue weighted by molar-refractivity contribution is 5.77. The van der Waals surface area contributed by atoms with Crippen LogP contribution in [0.5, 0.6) is 5.75 Å². The first-order valence-electron chi connectivity index (χ1n) is 6.61. The van der Waals surface area contributed by atoms with Crippen molar-refractivity contribution in [1.29, 1.82) is 0 Å². The third-order valence-electron chi connectivity index (χ3n) is 3.58. The number of hydrogen-bond donors (Lipinski definition) is 1. The Bertz CT molecular complexity index is 451. The first-order chi connectivity index (χ1) is 9.11. The molecule has 2 rings (SSSR count). The van der Waals surface area contributed by atoms with Crippen LogP contribution < -0.4 is 4.74 Å². The second-order valence-corrected chi connectivity index (χ2v) is 5.07. The predicted octanol–water partition coefficient (Wildman–Crippen LogP) is 2.38. The van der Waals surface area contributed by atoms with E-state index in [2.05, 4.69) is 4.74 Å². The molecular weight excluding hydrogens is 244 g/mol. The van der Waals surface area contributed by atoms with Gasteiger partial charge in [-0.2, -0.15) is 0 Å². The van der Waals surface area contributed by atoms with Crippen molar-refractivity contribution in [2.45, 2.75) is 32.3 Å². The summed E-state index contributed by atoms with van der Waals surface area (Å²) in [5.74, 6) is 0.499. The van der Waals surface area contributed by atoms with Gasteiger partial charge in [0.1, 0.15) is 5.75 Å². The molecule has 19 heavy (non-hydrogen) atoms. The van der Waals surface area contributed by atoms with Crippen LogP contribution in [0.1, 0.15) is 36.5 Å². The monoisotopic (exact) mass is 264 g/mol. The van der Waals surface area contributed by atoms with Crippen molar-refractivity contribution in [3.05, 3.63) is 29.3 Å². The first kappa shape index (κ1) is 13.9. The van der Waals surface area contributed by atoms with Gasteiger partial charge in [0, 0.05) is 5.56 Å². The van der Waals surface area contributed by atoms with E-state index in [-0.39, 0.29) is 0 Å². The van der Waals surface area contributed by atoms with Crippen LogP contribution in [0.4, 0.5) is 0 Å². The number of carbonyl (C=O) groups excluding carboxylic acids is 1. The van der Waals surface area contributed by atoms with Gasteiger partial charge < -0.3 is 14.6 Å². The van der Waals surface area contributed by atoms with Gasteiger partial charge >= 0.3 is 5.97 Å². The van der Waals surface area contributed by atoms with E-state index in [1.165, 1.54) is 26.4 Å². The van der Waals surface area contributed by atoms with Gasteiger partial charge in [-0.3, -0.25) is 0 Å². The van der Waals surface area contributed by atoms with Crippen molar-refractivity contribution in [1.82, 2.24) is 0 Å². The first-order valence-corrected chi connectivity index (χ1v) is 6.61. The summed E-state index contributed by atoms with van der Waals surface area (Å²) in [5, 5.41) is 9.98. The Morgan fingerprint density at radius 1 is 1.47 bits per heavy atom. The summed E-state index contributed by atoms with van der Waals surface area (Å²) in [6, 6.07) is 5.47. The topological polar surface area (TPSA) is 55.8 Å². The standard InChI is InChI=1S/C15H20O4/c1-10-6-7-13(19-9-11-4-3-5-11)12(8-10)14(16)15(17)18-2/h6-8,11,14,16H,3-5,9H2,1-2H3. The molecule has 0 spiro atoms. The number of rotatable bonds is 5. The highest BCUT2D eigenvalue weighted by Crippen LogP contribution is 2.31. The zero-order valence-corrected chi connectivity index (χ0v) is 11.4. The van der Waals surface area contributed by atoms with E-state index in [0.29, 0.717) is 23.8 Å². The SMILES string of the molecule is COC(=O)C(O)c1cc(C)ccc1OCC1CCC1. The van der Waals surface area contributed by atoms with Crippen LogP contribution in [0.25, 0.3) is 0 Å². The molecule has 1 saturated carbocycles. The number of aliphatic hydroxyl groups is 1. The normalized spacial score (nSPS) is 16.6. The molecule has 1 aromatic rings. The molecule has 0 bridgehead atoms. The Balaban J connectivity index is 2.13. The summed E-state index contributed by atoms with van der Waals surface area (Å²) in [5.41, 5.74) is 1.44. The average molecular weight is 264 g/mol. The van der Waals surface area contributed by atoms with Gasteiger partial charge in [-0.15, -0.1) is 0 Å². The second-order valence-electron chi connectivity index (χ2n) is 5.07. The summed E-state index contributed by atoms with van der Waals surface area (Å²) in [6.07, 6.45) is 2.36. The van der Waals surface area contributed by atoms with E-state index in [9.17, 15) is 9.90 Å². The van der Waals surface area contributed by atoms with Crippen LogP contribution in [0.3, 0.4) is 0 Å². The zero-order chi connectivity index (χ0) is 13.8. The molecule has 1 fully saturated rings. The van der Waals surface area contributed by atoms with Crippen LogP contribution >= 0.6 is 0 Å². The van der Waals surface area contributed by atoms with E-state index < -0.39 is 12.1 Å². The Morgan fingerprint density at radius 3 is 2.79 bits per heavy atom. The number of aryl methyl sites for hydroxylation is 1. The minimum absolute atomic E-state index is 0.478. The molecule has 1 aliphatic carbocycles. The number of esters is 1. The molecular formula is C15H20O4. The maximum absolute atomic E-state index is 11.5. The second kappa shape index (κ2) is 6.06. The van der Waals surface area contributed by atoms with Gasteiger partial charge in [0.15, 0.2) is 6.10 Å². The fraction of sp³-hybridized carbons (Fsp3) is 0.533. The summed E-state index contributed by atoms with van der Waals surface area (Å²) in [4.78, 5) is 11.5. The van der Waals surface area contributed by atoms with Crippen molar-refractivity contribution >= 4 is 5.97 Å². The molecule has 1 aromatic carbocycles. The van der Waals surface area contributed by atoms with Crippen molar-refractivity contribution in [2.24, 2.45) is 5.92 Å². The van der Waals surface area contributed by atoms with E-state index >= 15 is 0 Å².